The molecule has 0 aliphatic rings. The lowest BCUT2D eigenvalue weighted by atomic mass is 9.99. The molecule has 0 spiro atoms. The predicted molar refractivity (Wildman–Crippen MR) is 132 cm³/mol. The first-order valence-electron chi connectivity index (χ1n) is 11.3. The lowest BCUT2D eigenvalue weighted by Crippen LogP contribution is -2.22. The molecule has 35 heavy (non-hydrogen) atoms. The Balaban J connectivity index is 2.32. The molecule has 0 radical (unpaired) electrons. The van der Waals surface area contributed by atoms with Gasteiger partial charge in [-0.25, -0.2) is 9.18 Å². The fourth-order valence-electron chi connectivity index (χ4n) is 4.08. The molecule has 1 aromatic heterocycles. The molecule has 0 amide bonds. The number of ether oxygens (including phenoxy) is 2. The number of hydrogen-bond acceptors (Lipinski definition) is 5. The van der Waals surface area contributed by atoms with Crippen LogP contribution in [0, 0.1) is 11.7 Å². The summed E-state index contributed by atoms with van der Waals surface area (Å²) >= 11 is 5.95. The van der Waals surface area contributed by atoms with Gasteiger partial charge in [0.25, 0.3) is 0 Å². The molecule has 0 unspecified atom stereocenters. The third-order valence-electron chi connectivity index (χ3n) is 5.50. The molecule has 3 rings (SSSR count). The minimum Gasteiger partial charge on any atom is -0.491 e. The van der Waals surface area contributed by atoms with Crippen molar-refractivity contribution in [1.29, 1.82) is 0 Å². The molecule has 0 aliphatic heterocycles. The number of nitrogens with zero attached hydrogens (tertiary/aromatic N) is 1. The Morgan fingerprint density at radius 1 is 1.14 bits per heavy atom. The van der Waals surface area contributed by atoms with Crippen LogP contribution < -0.4 is 14.9 Å². The molecular formula is C26H29ClFNO6. The SMILES string of the molecule is CC(C)C[C@@H](CO)n1cc(OC(=O)O)c(=O)c2cc(Cc3cccc(Cl)c3F)c(OC(C)C)cc21. The molecule has 188 valence electrons. The number of aliphatic hydroxyl groups excluding tert-OH is 1. The lowest BCUT2D eigenvalue weighted by molar-refractivity contribution is 0.143. The number of aliphatic hydroxyl groups is 1. The second kappa shape index (κ2) is 11.1. The van der Waals surface area contributed by atoms with Crippen molar-refractivity contribution in [2.45, 2.75) is 52.7 Å². The number of fused-ring (bicyclic) bond motifs is 1. The van der Waals surface area contributed by atoms with E-state index in [1.54, 1.807) is 28.8 Å². The number of hydrogen-bond donors (Lipinski definition) is 2. The molecule has 2 N–H and O–H groups in total. The molecule has 2 aromatic carbocycles. The van der Waals surface area contributed by atoms with Gasteiger partial charge in [0.2, 0.25) is 5.43 Å². The molecule has 1 heterocycles. The van der Waals surface area contributed by atoms with Gasteiger partial charge in [-0.15, -0.1) is 0 Å². The van der Waals surface area contributed by atoms with E-state index in [2.05, 4.69) is 0 Å². The lowest BCUT2D eigenvalue weighted by Gasteiger charge is -2.24. The number of benzene rings is 2. The summed E-state index contributed by atoms with van der Waals surface area (Å²) in [5.74, 6) is -0.304. The highest BCUT2D eigenvalue weighted by atomic mass is 35.5. The Morgan fingerprint density at radius 2 is 1.86 bits per heavy atom. The predicted octanol–water partition coefficient (Wildman–Crippen LogP) is 5.81. The fourth-order valence-corrected chi connectivity index (χ4v) is 4.27. The summed E-state index contributed by atoms with van der Waals surface area (Å²) < 4.78 is 27.1. The number of rotatable bonds is 9. The minimum atomic E-state index is -1.63. The minimum absolute atomic E-state index is 0.0198. The van der Waals surface area contributed by atoms with Crippen molar-refractivity contribution in [3.63, 3.8) is 0 Å². The molecule has 0 saturated carbocycles. The van der Waals surface area contributed by atoms with Crippen molar-refractivity contribution in [3.8, 4) is 11.5 Å². The zero-order valence-electron chi connectivity index (χ0n) is 20.0. The Kier molecular flexibility index (Phi) is 8.40. The molecule has 0 bridgehead atoms. The summed E-state index contributed by atoms with van der Waals surface area (Å²) in [6, 6.07) is 7.46. The second-order valence-corrected chi connectivity index (χ2v) is 9.50. The Labute approximate surface area is 207 Å². The molecular weight excluding hydrogens is 477 g/mol. The summed E-state index contributed by atoms with van der Waals surface area (Å²) in [6.07, 6.45) is 0.116. The molecule has 0 saturated heterocycles. The van der Waals surface area contributed by atoms with Crippen molar-refractivity contribution in [2.75, 3.05) is 6.61 Å². The maximum atomic E-state index is 14.7. The van der Waals surface area contributed by atoms with Crippen LogP contribution in [0.25, 0.3) is 10.9 Å². The Bertz CT molecular complexity index is 1290. The maximum Gasteiger partial charge on any atom is 0.511 e. The average molecular weight is 506 g/mol. The van der Waals surface area contributed by atoms with E-state index in [1.165, 1.54) is 12.3 Å². The average Bonchev–Trinajstić information content (AvgIpc) is 2.77. The van der Waals surface area contributed by atoms with Gasteiger partial charge in [0.1, 0.15) is 11.6 Å². The van der Waals surface area contributed by atoms with Gasteiger partial charge in [-0.05, 0) is 49.4 Å². The monoisotopic (exact) mass is 505 g/mol. The van der Waals surface area contributed by atoms with E-state index in [4.69, 9.17) is 26.2 Å². The van der Waals surface area contributed by atoms with Crippen LogP contribution in [0.1, 0.15) is 51.3 Å². The zero-order chi connectivity index (χ0) is 25.9. The van der Waals surface area contributed by atoms with Crippen LogP contribution in [0.3, 0.4) is 0 Å². The normalized spacial score (nSPS) is 12.4. The third-order valence-corrected chi connectivity index (χ3v) is 5.79. The van der Waals surface area contributed by atoms with Crippen LogP contribution in [0.2, 0.25) is 5.02 Å². The zero-order valence-corrected chi connectivity index (χ0v) is 20.8. The number of pyridine rings is 1. The van der Waals surface area contributed by atoms with Crippen molar-refractivity contribution in [1.82, 2.24) is 4.57 Å². The molecule has 3 aromatic rings. The van der Waals surface area contributed by atoms with Gasteiger partial charge in [-0.2, -0.15) is 0 Å². The summed E-state index contributed by atoms with van der Waals surface area (Å²) in [7, 11) is 0. The van der Waals surface area contributed by atoms with Crippen LogP contribution in [0.4, 0.5) is 9.18 Å². The third kappa shape index (κ3) is 6.13. The first kappa shape index (κ1) is 26.5. The van der Waals surface area contributed by atoms with Crippen molar-refractivity contribution < 1.29 is 28.9 Å². The van der Waals surface area contributed by atoms with E-state index in [0.717, 1.165) is 0 Å². The molecule has 9 heteroatoms. The summed E-state index contributed by atoms with van der Waals surface area (Å²) in [6.45, 7) is 7.44. The van der Waals surface area contributed by atoms with Crippen LogP contribution in [0.15, 0.2) is 41.3 Å². The van der Waals surface area contributed by atoms with E-state index in [9.17, 15) is 19.1 Å². The summed E-state index contributed by atoms with van der Waals surface area (Å²) in [5, 5.41) is 19.4. The number of carbonyl (C=O) groups is 1. The van der Waals surface area contributed by atoms with Crippen molar-refractivity contribution in [2.24, 2.45) is 5.92 Å². The molecule has 0 fully saturated rings. The maximum absolute atomic E-state index is 14.7. The fraction of sp³-hybridized carbons (Fsp3) is 0.385. The van der Waals surface area contributed by atoms with E-state index in [-0.39, 0.29) is 41.2 Å². The first-order chi connectivity index (χ1) is 16.5. The molecule has 1 atom stereocenters. The van der Waals surface area contributed by atoms with Gasteiger partial charge in [0.15, 0.2) is 5.75 Å². The van der Waals surface area contributed by atoms with Gasteiger partial charge in [0.05, 0.1) is 40.9 Å². The van der Waals surface area contributed by atoms with Crippen LogP contribution >= 0.6 is 11.6 Å². The van der Waals surface area contributed by atoms with Crippen LogP contribution in [-0.2, 0) is 6.42 Å². The van der Waals surface area contributed by atoms with Crippen LogP contribution in [-0.4, -0.2) is 33.6 Å². The first-order valence-corrected chi connectivity index (χ1v) is 11.7. The highest BCUT2D eigenvalue weighted by Crippen LogP contribution is 2.33. The quantitative estimate of drug-likeness (QED) is 0.356. The van der Waals surface area contributed by atoms with E-state index >= 15 is 0 Å². The smallest absolute Gasteiger partial charge is 0.491 e. The number of halogens is 2. The Hall–Kier alpha value is -3.10. The Morgan fingerprint density at radius 3 is 2.46 bits per heavy atom. The summed E-state index contributed by atoms with van der Waals surface area (Å²) in [5.41, 5.74) is 0.645. The largest absolute Gasteiger partial charge is 0.511 e. The summed E-state index contributed by atoms with van der Waals surface area (Å²) in [4.78, 5) is 24.5. The van der Waals surface area contributed by atoms with Gasteiger partial charge in [-0.3, -0.25) is 4.79 Å². The topological polar surface area (TPSA) is 98.0 Å². The standard InChI is InChI=1S/C26H29ClFNO6/c1-14(2)8-18(13-30)29-12-23(35-26(32)33)25(31)19-10-17(22(11-21(19)29)34-15(3)4)9-16-6-5-7-20(27)24(16)28/h5-7,10-12,14-15,18,30H,8-9,13H2,1-4H3,(H,32,33)/t18-/m0/s1. The van der Waals surface area contributed by atoms with Crippen molar-refractivity contribution in [3.05, 3.63) is 68.7 Å². The van der Waals surface area contributed by atoms with Crippen molar-refractivity contribution >= 4 is 28.7 Å². The highest BCUT2D eigenvalue weighted by Gasteiger charge is 2.22. The number of carboxylic acid groups (broad SMARTS) is 1. The van der Waals surface area contributed by atoms with E-state index in [0.29, 0.717) is 28.8 Å². The van der Waals surface area contributed by atoms with Gasteiger partial charge in [0, 0.05) is 12.5 Å². The van der Waals surface area contributed by atoms with Crippen LogP contribution in [0.5, 0.6) is 11.5 Å². The molecule has 7 nitrogen and oxygen atoms in total. The second-order valence-electron chi connectivity index (χ2n) is 9.10. The molecule has 0 aliphatic carbocycles. The van der Waals surface area contributed by atoms with E-state index < -0.39 is 23.4 Å². The van der Waals surface area contributed by atoms with Gasteiger partial charge in [-0.1, -0.05) is 37.6 Å². The van der Waals surface area contributed by atoms with Gasteiger partial charge < -0.3 is 24.3 Å². The van der Waals surface area contributed by atoms with E-state index in [1.807, 2.05) is 27.7 Å². The highest BCUT2D eigenvalue weighted by molar-refractivity contribution is 6.30. The number of aromatic nitrogens is 1. The van der Waals surface area contributed by atoms with Gasteiger partial charge >= 0.3 is 6.16 Å².